The van der Waals surface area contributed by atoms with Crippen LogP contribution < -0.4 is 0 Å². The van der Waals surface area contributed by atoms with Crippen LogP contribution in [0.5, 0.6) is 0 Å². The van der Waals surface area contributed by atoms with Crippen molar-refractivity contribution in [3.8, 4) is 6.07 Å². The zero-order valence-corrected chi connectivity index (χ0v) is 9.04. The molecule has 0 aliphatic rings. The van der Waals surface area contributed by atoms with E-state index in [1.807, 2.05) is 6.07 Å². The van der Waals surface area contributed by atoms with E-state index in [0.29, 0.717) is 17.3 Å². The molecular formula is C10H12ClN3. The van der Waals surface area contributed by atoms with E-state index in [2.05, 4.69) is 23.8 Å². The highest BCUT2D eigenvalue weighted by Gasteiger charge is 2.04. The molecule has 3 nitrogen and oxygen atoms in total. The Bertz CT molecular complexity index is 355. The third kappa shape index (κ3) is 2.97. The van der Waals surface area contributed by atoms with Gasteiger partial charge in [-0.1, -0.05) is 25.4 Å². The predicted octanol–water partition coefficient (Wildman–Crippen LogP) is 2.59. The van der Waals surface area contributed by atoms with Gasteiger partial charge in [0.25, 0.3) is 0 Å². The average Bonchev–Trinajstić information content (AvgIpc) is 2.15. The molecule has 1 rings (SSSR count). The van der Waals surface area contributed by atoms with Crippen LogP contribution in [0.3, 0.4) is 0 Å². The monoisotopic (exact) mass is 209 g/mol. The molecule has 0 aromatic carbocycles. The number of aryl methyl sites for hydroxylation is 1. The van der Waals surface area contributed by atoms with Gasteiger partial charge in [0.1, 0.15) is 17.5 Å². The van der Waals surface area contributed by atoms with Gasteiger partial charge in [-0.15, -0.1) is 0 Å². The molecule has 0 spiro atoms. The highest BCUT2D eigenvalue weighted by molar-refractivity contribution is 6.30. The SMILES string of the molecule is CC(C)CCc1ncc(C#N)c(Cl)n1. The molecule has 0 aliphatic carbocycles. The fourth-order valence-electron chi connectivity index (χ4n) is 1.01. The Morgan fingerprint density at radius 3 is 2.79 bits per heavy atom. The number of hydrogen-bond donors (Lipinski definition) is 0. The van der Waals surface area contributed by atoms with E-state index in [1.54, 1.807) is 0 Å². The van der Waals surface area contributed by atoms with Gasteiger partial charge in [-0.25, -0.2) is 9.97 Å². The van der Waals surface area contributed by atoms with Crippen molar-refractivity contribution in [2.24, 2.45) is 5.92 Å². The van der Waals surface area contributed by atoms with E-state index in [0.717, 1.165) is 12.8 Å². The first-order valence-corrected chi connectivity index (χ1v) is 4.92. The number of nitriles is 1. The maximum Gasteiger partial charge on any atom is 0.150 e. The van der Waals surface area contributed by atoms with E-state index < -0.39 is 0 Å². The van der Waals surface area contributed by atoms with Crippen molar-refractivity contribution in [1.82, 2.24) is 9.97 Å². The lowest BCUT2D eigenvalue weighted by Crippen LogP contribution is -1.99. The molecular weight excluding hydrogens is 198 g/mol. The maximum atomic E-state index is 8.61. The van der Waals surface area contributed by atoms with Crippen LogP contribution in [0.1, 0.15) is 31.7 Å². The summed E-state index contributed by atoms with van der Waals surface area (Å²) in [5, 5.41) is 8.86. The highest BCUT2D eigenvalue weighted by atomic mass is 35.5. The van der Waals surface area contributed by atoms with Crippen molar-refractivity contribution in [2.45, 2.75) is 26.7 Å². The Morgan fingerprint density at radius 2 is 2.29 bits per heavy atom. The van der Waals surface area contributed by atoms with Gasteiger partial charge < -0.3 is 0 Å². The molecule has 0 aliphatic heterocycles. The Morgan fingerprint density at radius 1 is 1.57 bits per heavy atom. The summed E-state index contributed by atoms with van der Waals surface area (Å²) in [6.45, 7) is 4.29. The molecule has 0 saturated carbocycles. The third-order valence-electron chi connectivity index (χ3n) is 1.86. The number of rotatable bonds is 3. The van der Waals surface area contributed by atoms with Crippen molar-refractivity contribution in [3.05, 3.63) is 22.7 Å². The third-order valence-corrected chi connectivity index (χ3v) is 2.15. The molecule has 0 saturated heterocycles. The minimum absolute atomic E-state index is 0.251. The van der Waals surface area contributed by atoms with Crippen LogP contribution >= 0.6 is 11.6 Å². The molecule has 0 radical (unpaired) electrons. The first-order valence-electron chi connectivity index (χ1n) is 4.55. The van der Waals surface area contributed by atoms with Gasteiger partial charge >= 0.3 is 0 Å². The molecule has 0 fully saturated rings. The summed E-state index contributed by atoms with van der Waals surface area (Å²) in [4.78, 5) is 8.11. The molecule has 14 heavy (non-hydrogen) atoms. The second-order valence-corrected chi connectivity index (χ2v) is 3.89. The van der Waals surface area contributed by atoms with Crippen molar-refractivity contribution in [1.29, 1.82) is 5.26 Å². The number of hydrogen-bond acceptors (Lipinski definition) is 3. The predicted molar refractivity (Wildman–Crippen MR) is 54.9 cm³/mol. The van der Waals surface area contributed by atoms with Crippen molar-refractivity contribution in [2.75, 3.05) is 0 Å². The topological polar surface area (TPSA) is 49.6 Å². The molecule has 1 aromatic heterocycles. The zero-order valence-electron chi connectivity index (χ0n) is 8.29. The van der Waals surface area contributed by atoms with Gasteiger partial charge in [0.15, 0.2) is 5.15 Å². The molecule has 1 aromatic rings. The van der Waals surface area contributed by atoms with Crippen molar-refractivity contribution >= 4 is 11.6 Å². The standard InChI is InChI=1S/C10H12ClN3/c1-7(2)3-4-9-13-6-8(5-12)10(11)14-9/h6-7H,3-4H2,1-2H3. The first-order chi connectivity index (χ1) is 6.63. The molecule has 0 bridgehead atoms. The van der Waals surface area contributed by atoms with Crippen LogP contribution in [0.2, 0.25) is 5.15 Å². The van der Waals surface area contributed by atoms with Crippen molar-refractivity contribution < 1.29 is 0 Å². The van der Waals surface area contributed by atoms with Crippen LogP contribution in [0, 0.1) is 17.2 Å². The average molecular weight is 210 g/mol. The summed E-state index contributed by atoms with van der Waals surface area (Å²) in [7, 11) is 0. The Balaban J connectivity index is 2.73. The molecule has 0 atom stereocenters. The lowest BCUT2D eigenvalue weighted by molar-refractivity contribution is 0.574. The minimum atomic E-state index is 0.251. The van der Waals surface area contributed by atoms with Gasteiger partial charge in [0.05, 0.1) is 0 Å². The minimum Gasteiger partial charge on any atom is -0.240 e. The summed E-state index contributed by atoms with van der Waals surface area (Å²) in [5.41, 5.74) is 0.333. The lowest BCUT2D eigenvalue weighted by atomic mass is 10.1. The summed E-state index contributed by atoms with van der Waals surface area (Å²) >= 11 is 5.77. The summed E-state index contributed by atoms with van der Waals surface area (Å²) in [6.07, 6.45) is 3.32. The van der Waals surface area contributed by atoms with Gasteiger partial charge in [0.2, 0.25) is 0 Å². The van der Waals surface area contributed by atoms with Crippen molar-refractivity contribution in [3.63, 3.8) is 0 Å². The quantitative estimate of drug-likeness (QED) is 0.719. The highest BCUT2D eigenvalue weighted by Crippen LogP contribution is 2.12. The van der Waals surface area contributed by atoms with Crippen LogP contribution in [-0.4, -0.2) is 9.97 Å². The Labute approximate surface area is 88.8 Å². The summed E-state index contributed by atoms with van der Waals surface area (Å²) in [6, 6.07) is 1.93. The molecule has 1 heterocycles. The second kappa shape index (κ2) is 4.92. The van der Waals surface area contributed by atoms with Gasteiger partial charge in [-0.2, -0.15) is 5.26 Å². The maximum absolute atomic E-state index is 8.61. The Hall–Kier alpha value is -1.14. The van der Waals surface area contributed by atoms with Gasteiger partial charge in [-0.3, -0.25) is 0 Å². The molecule has 0 amide bonds. The Kier molecular flexibility index (Phi) is 3.84. The molecule has 74 valence electrons. The number of halogens is 1. The van der Waals surface area contributed by atoms with E-state index >= 15 is 0 Å². The second-order valence-electron chi connectivity index (χ2n) is 3.54. The smallest absolute Gasteiger partial charge is 0.150 e. The van der Waals surface area contributed by atoms with Gasteiger partial charge in [0, 0.05) is 12.6 Å². The molecule has 0 unspecified atom stereocenters. The number of nitrogens with zero attached hydrogens (tertiary/aromatic N) is 3. The van der Waals surface area contributed by atoms with Crippen LogP contribution in [0.4, 0.5) is 0 Å². The van der Waals surface area contributed by atoms with E-state index in [-0.39, 0.29) is 5.15 Å². The van der Waals surface area contributed by atoms with E-state index in [4.69, 9.17) is 16.9 Å². The largest absolute Gasteiger partial charge is 0.240 e. The lowest BCUT2D eigenvalue weighted by Gasteiger charge is -2.03. The fraction of sp³-hybridized carbons (Fsp3) is 0.500. The van der Waals surface area contributed by atoms with Crippen LogP contribution in [0.15, 0.2) is 6.20 Å². The summed E-state index contributed by atoms with van der Waals surface area (Å²) < 4.78 is 0. The normalized spacial score (nSPS) is 10.2. The first kappa shape index (κ1) is 10.9. The summed E-state index contributed by atoms with van der Waals surface area (Å²) in [5.74, 6) is 1.33. The van der Waals surface area contributed by atoms with Crippen LogP contribution in [-0.2, 0) is 6.42 Å². The van der Waals surface area contributed by atoms with Gasteiger partial charge in [-0.05, 0) is 12.3 Å². The zero-order chi connectivity index (χ0) is 10.6. The van der Waals surface area contributed by atoms with Crippen LogP contribution in [0.25, 0.3) is 0 Å². The molecule has 4 heteroatoms. The molecule has 0 N–H and O–H groups in total. The number of aromatic nitrogens is 2. The van der Waals surface area contributed by atoms with E-state index in [1.165, 1.54) is 6.20 Å². The van der Waals surface area contributed by atoms with E-state index in [9.17, 15) is 0 Å². The fourth-order valence-corrected chi connectivity index (χ4v) is 1.20.